The summed E-state index contributed by atoms with van der Waals surface area (Å²) in [5.41, 5.74) is 0.0612. The van der Waals surface area contributed by atoms with E-state index in [1.807, 2.05) is 0 Å². The standard InChI is InChI=1S/C14H18N4O5/c1-2-8(4-19)17-7-16-13-12(14(17)22)15-6-18(13)11-3-9(21)10(5-20)23-11/h2,6-11,19-21H,1,3-5H2/t8?,9-,10+,11+/m0/s1. The van der Waals surface area contributed by atoms with Crippen LogP contribution >= 0.6 is 0 Å². The van der Waals surface area contributed by atoms with Gasteiger partial charge in [-0.05, 0) is 0 Å². The van der Waals surface area contributed by atoms with Crippen molar-refractivity contribution in [2.75, 3.05) is 13.2 Å². The minimum Gasteiger partial charge on any atom is -0.394 e. The molecule has 1 saturated heterocycles. The van der Waals surface area contributed by atoms with E-state index in [1.165, 1.54) is 23.3 Å². The largest absolute Gasteiger partial charge is 0.394 e. The lowest BCUT2D eigenvalue weighted by Gasteiger charge is -2.15. The SMILES string of the molecule is C=CC(CO)n1cnc2c(ncn2[C@H]2C[C@H](O)[C@@H](CO)O2)c1=O. The van der Waals surface area contributed by atoms with Gasteiger partial charge in [-0.15, -0.1) is 6.58 Å². The highest BCUT2D eigenvalue weighted by molar-refractivity contribution is 5.69. The van der Waals surface area contributed by atoms with Crippen LogP contribution in [0.3, 0.4) is 0 Å². The van der Waals surface area contributed by atoms with E-state index in [0.29, 0.717) is 5.65 Å². The Labute approximate surface area is 131 Å². The third-order valence-corrected chi connectivity index (χ3v) is 4.02. The molecule has 9 heteroatoms. The molecule has 0 spiro atoms. The fraction of sp³-hybridized carbons (Fsp3) is 0.500. The van der Waals surface area contributed by atoms with Crippen LogP contribution < -0.4 is 5.56 Å². The van der Waals surface area contributed by atoms with E-state index in [9.17, 15) is 15.0 Å². The molecule has 1 aliphatic rings. The van der Waals surface area contributed by atoms with Crippen LogP contribution in [0.15, 0.2) is 30.1 Å². The topological polar surface area (TPSA) is 123 Å². The van der Waals surface area contributed by atoms with Crippen molar-refractivity contribution in [1.29, 1.82) is 0 Å². The van der Waals surface area contributed by atoms with Crippen molar-refractivity contribution < 1.29 is 20.1 Å². The number of aliphatic hydroxyl groups is 3. The Morgan fingerprint density at radius 3 is 2.83 bits per heavy atom. The number of ether oxygens (including phenoxy) is 1. The van der Waals surface area contributed by atoms with Gasteiger partial charge in [-0.25, -0.2) is 9.97 Å². The second kappa shape index (κ2) is 6.20. The van der Waals surface area contributed by atoms with E-state index in [-0.39, 0.29) is 25.2 Å². The van der Waals surface area contributed by atoms with Gasteiger partial charge in [0.1, 0.15) is 18.7 Å². The molecule has 0 saturated carbocycles. The molecule has 0 amide bonds. The van der Waals surface area contributed by atoms with E-state index in [0.717, 1.165) is 0 Å². The van der Waals surface area contributed by atoms with E-state index >= 15 is 0 Å². The Morgan fingerprint density at radius 2 is 2.22 bits per heavy atom. The maximum Gasteiger partial charge on any atom is 0.282 e. The first-order valence-electron chi connectivity index (χ1n) is 7.22. The van der Waals surface area contributed by atoms with Crippen LogP contribution in [0.25, 0.3) is 11.2 Å². The molecule has 1 unspecified atom stereocenters. The fourth-order valence-electron chi connectivity index (χ4n) is 2.70. The minimum atomic E-state index is -0.789. The number of aromatic nitrogens is 4. The van der Waals surface area contributed by atoms with Gasteiger partial charge >= 0.3 is 0 Å². The third kappa shape index (κ3) is 2.57. The van der Waals surface area contributed by atoms with Crippen LogP contribution in [0.1, 0.15) is 18.7 Å². The lowest BCUT2D eigenvalue weighted by Crippen LogP contribution is -2.26. The number of rotatable bonds is 5. The van der Waals surface area contributed by atoms with Crippen LogP contribution in [-0.2, 0) is 4.74 Å². The van der Waals surface area contributed by atoms with E-state index in [4.69, 9.17) is 9.84 Å². The highest BCUT2D eigenvalue weighted by atomic mass is 16.5. The first-order chi connectivity index (χ1) is 11.1. The molecule has 3 rings (SSSR count). The summed E-state index contributed by atoms with van der Waals surface area (Å²) >= 11 is 0. The molecule has 2 aromatic heterocycles. The zero-order chi connectivity index (χ0) is 16.6. The molecule has 3 heterocycles. The second-order valence-corrected chi connectivity index (χ2v) is 5.38. The van der Waals surface area contributed by atoms with Gasteiger partial charge in [-0.1, -0.05) is 6.08 Å². The van der Waals surface area contributed by atoms with Gasteiger partial charge in [0.25, 0.3) is 5.56 Å². The van der Waals surface area contributed by atoms with Crippen LogP contribution in [0.2, 0.25) is 0 Å². The summed E-state index contributed by atoms with van der Waals surface area (Å²) in [6.07, 6.45) is 2.45. The van der Waals surface area contributed by atoms with Crippen LogP contribution in [0.5, 0.6) is 0 Å². The van der Waals surface area contributed by atoms with Crippen molar-refractivity contribution in [3.63, 3.8) is 0 Å². The van der Waals surface area contributed by atoms with Gasteiger partial charge in [0.2, 0.25) is 0 Å². The van der Waals surface area contributed by atoms with Gasteiger partial charge in [0, 0.05) is 6.42 Å². The molecule has 124 valence electrons. The molecule has 0 radical (unpaired) electrons. The number of imidazole rings is 1. The third-order valence-electron chi connectivity index (χ3n) is 4.02. The van der Waals surface area contributed by atoms with Gasteiger partial charge in [0.15, 0.2) is 11.2 Å². The van der Waals surface area contributed by atoms with Crippen LogP contribution in [-0.4, -0.2) is 59.8 Å². The van der Waals surface area contributed by atoms with Crippen molar-refractivity contribution in [1.82, 2.24) is 19.1 Å². The summed E-state index contributed by atoms with van der Waals surface area (Å²) in [7, 11) is 0. The minimum absolute atomic E-state index is 0.137. The summed E-state index contributed by atoms with van der Waals surface area (Å²) in [5, 5.41) is 28.3. The van der Waals surface area contributed by atoms with Crippen molar-refractivity contribution >= 4 is 11.2 Å². The summed E-state index contributed by atoms with van der Waals surface area (Å²) < 4.78 is 8.37. The molecule has 2 aromatic rings. The molecule has 0 aromatic carbocycles. The number of hydrogen-bond donors (Lipinski definition) is 3. The molecule has 0 aliphatic carbocycles. The monoisotopic (exact) mass is 322 g/mol. The Balaban J connectivity index is 2.01. The maximum absolute atomic E-state index is 12.5. The zero-order valence-corrected chi connectivity index (χ0v) is 12.3. The maximum atomic E-state index is 12.5. The summed E-state index contributed by atoms with van der Waals surface area (Å²) in [5.74, 6) is 0. The Hall–Kier alpha value is -2.07. The average molecular weight is 322 g/mol. The molecule has 3 N–H and O–H groups in total. The van der Waals surface area contributed by atoms with E-state index in [2.05, 4.69) is 16.5 Å². The molecule has 0 bridgehead atoms. The smallest absolute Gasteiger partial charge is 0.282 e. The van der Waals surface area contributed by atoms with Gasteiger partial charge in [0.05, 0.1) is 31.7 Å². The van der Waals surface area contributed by atoms with Crippen LogP contribution in [0.4, 0.5) is 0 Å². The predicted molar refractivity (Wildman–Crippen MR) is 79.7 cm³/mol. The van der Waals surface area contributed by atoms with Crippen LogP contribution in [0, 0.1) is 0 Å². The lowest BCUT2D eigenvalue weighted by atomic mass is 10.2. The summed E-state index contributed by atoms with van der Waals surface area (Å²) in [6.45, 7) is 3.02. The number of nitrogens with zero attached hydrogens (tertiary/aromatic N) is 4. The van der Waals surface area contributed by atoms with Gasteiger partial charge in [-0.2, -0.15) is 0 Å². The summed E-state index contributed by atoms with van der Waals surface area (Å²) in [6, 6.07) is -0.576. The molecule has 9 nitrogen and oxygen atoms in total. The van der Waals surface area contributed by atoms with Crippen molar-refractivity contribution in [3.8, 4) is 0 Å². The van der Waals surface area contributed by atoms with Crippen molar-refractivity contribution in [2.45, 2.75) is 30.9 Å². The lowest BCUT2D eigenvalue weighted by molar-refractivity contribution is -0.0432. The first-order valence-corrected chi connectivity index (χ1v) is 7.22. The van der Waals surface area contributed by atoms with Gasteiger partial charge in [-0.3, -0.25) is 13.9 Å². The summed E-state index contributed by atoms with van der Waals surface area (Å²) in [4.78, 5) is 20.8. The average Bonchev–Trinajstić information content (AvgIpc) is 3.14. The first kappa shape index (κ1) is 15.8. The number of fused-ring (bicyclic) bond motifs is 1. The Bertz CT molecular complexity index is 770. The number of aliphatic hydroxyl groups excluding tert-OH is 3. The van der Waals surface area contributed by atoms with Gasteiger partial charge < -0.3 is 20.1 Å². The highest BCUT2D eigenvalue weighted by Crippen LogP contribution is 2.30. The second-order valence-electron chi connectivity index (χ2n) is 5.38. The molecular formula is C14H18N4O5. The fourth-order valence-corrected chi connectivity index (χ4v) is 2.70. The quantitative estimate of drug-likeness (QED) is 0.600. The molecule has 23 heavy (non-hydrogen) atoms. The molecule has 1 fully saturated rings. The van der Waals surface area contributed by atoms with Crippen molar-refractivity contribution in [2.24, 2.45) is 0 Å². The predicted octanol–water partition coefficient (Wildman–Crippen LogP) is -1.05. The normalized spacial score (nSPS) is 25.8. The molecule has 1 aliphatic heterocycles. The highest BCUT2D eigenvalue weighted by Gasteiger charge is 2.35. The Morgan fingerprint density at radius 1 is 1.43 bits per heavy atom. The molecular weight excluding hydrogens is 304 g/mol. The van der Waals surface area contributed by atoms with Crippen molar-refractivity contribution in [3.05, 3.63) is 35.7 Å². The molecule has 4 atom stereocenters. The van der Waals surface area contributed by atoms with E-state index < -0.39 is 30.0 Å². The Kier molecular flexibility index (Phi) is 4.26. The van der Waals surface area contributed by atoms with E-state index in [1.54, 1.807) is 4.57 Å². The number of hydrogen-bond acceptors (Lipinski definition) is 7. The zero-order valence-electron chi connectivity index (χ0n) is 12.3.